The van der Waals surface area contributed by atoms with Crippen molar-refractivity contribution < 1.29 is 5.11 Å². The van der Waals surface area contributed by atoms with Gasteiger partial charge in [-0.25, -0.2) is 0 Å². The Labute approximate surface area is 135 Å². The van der Waals surface area contributed by atoms with Crippen LogP contribution in [0.1, 0.15) is 43.0 Å². The van der Waals surface area contributed by atoms with Crippen LogP contribution < -0.4 is 5.32 Å². The van der Waals surface area contributed by atoms with Gasteiger partial charge >= 0.3 is 0 Å². The third-order valence-corrected chi connectivity index (χ3v) is 4.20. The van der Waals surface area contributed by atoms with E-state index in [1.54, 1.807) is 0 Å². The second-order valence-corrected chi connectivity index (χ2v) is 6.18. The average molecular weight is 348 g/mol. The standard InChI is InChI=1S/C18H22BrNO/c1-14(15-9-11-17(19)12-10-15)20-18(8-5-13-21)16-6-3-2-4-7-16/h2-4,6-7,9-12,14,18,20-21H,5,8,13H2,1H3. The smallest absolute Gasteiger partial charge is 0.0431 e. The SMILES string of the molecule is CC(NC(CCCO)c1ccccc1)c1ccc(Br)cc1. The fourth-order valence-electron chi connectivity index (χ4n) is 2.48. The maximum atomic E-state index is 9.11. The summed E-state index contributed by atoms with van der Waals surface area (Å²) in [6.45, 7) is 2.41. The van der Waals surface area contributed by atoms with Gasteiger partial charge in [0.2, 0.25) is 0 Å². The minimum absolute atomic E-state index is 0.234. The lowest BCUT2D eigenvalue weighted by molar-refractivity contribution is 0.272. The summed E-state index contributed by atoms with van der Waals surface area (Å²) >= 11 is 3.47. The van der Waals surface area contributed by atoms with Crippen molar-refractivity contribution in [1.29, 1.82) is 0 Å². The molecular weight excluding hydrogens is 326 g/mol. The van der Waals surface area contributed by atoms with E-state index in [1.165, 1.54) is 11.1 Å². The first kappa shape index (κ1) is 16.2. The molecule has 0 aliphatic rings. The van der Waals surface area contributed by atoms with Gasteiger partial charge in [-0.1, -0.05) is 58.4 Å². The molecule has 0 saturated carbocycles. The van der Waals surface area contributed by atoms with Crippen molar-refractivity contribution in [3.8, 4) is 0 Å². The van der Waals surface area contributed by atoms with Crippen LogP contribution >= 0.6 is 15.9 Å². The molecule has 2 aromatic carbocycles. The maximum absolute atomic E-state index is 9.11. The van der Waals surface area contributed by atoms with Gasteiger partial charge in [0.25, 0.3) is 0 Å². The number of nitrogens with one attached hydrogen (secondary N) is 1. The molecule has 2 N–H and O–H groups in total. The molecule has 0 aromatic heterocycles. The van der Waals surface area contributed by atoms with Crippen molar-refractivity contribution in [2.45, 2.75) is 31.8 Å². The Morgan fingerprint density at radius 2 is 1.67 bits per heavy atom. The van der Waals surface area contributed by atoms with E-state index in [9.17, 15) is 0 Å². The number of aliphatic hydroxyl groups is 1. The zero-order valence-corrected chi connectivity index (χ0v) is 13.9. The molecule has 3 heteroatoms. The second-order valence-electron chi connectivity index (χ2n) is 5.27. The van der Waals surface area contributed by atoms with E-state index < -0.39 is 0 Å². The molecular formula is C18H22BrNO. The van der Waals surface area contributed by atoms with Crippen LogP contribution in [0.25, 0.3) is 0 Å². The molecule has 2 unspecified atom stereocenters. The van der Waals surface area contributed by atoms with Gasteiger partial charge < -0.3 is 10.4 Å². The van der Waals surface area contributed by atoms with Crippen molar-refractivity contribution in [3.63, 3.8) is 0 Å². The van der Waals surface area contributed by atoms with E-state index in [1.807, 2.05) is 6.07 Å². The van der Waals surface area contributed by atoms with Gasteiger partial charge in [0.15, 0.2) is 0 Å². The topological polar surface area (TPSA) is 32.3 Å². The summed E-state index contributed by atoms with van der Waals surface area (Å²) in [7, 11) is 0. The normalized spacial score (nSPS) is 13.9. The Bertz CT molecular complexity index is 527. The maximum Gasteiger partial charge on any atom is 0.0431 e. The molecule has 0 saturated heterocycles. The molecule has 0 radical (unpaired) electrons. The second kappa shape index (κ2) is 8.32. The highest BCUT2D eigenvalue weighted by Crippen LogP contribution is 2.24. The number of hydrogen-bond acceptors (Lipinski definition) is 2. The van der Waals surface area contributed by atoms with Crippen molar-refractivity contribution >= 4 is 15.9 Å². The predicted octanol–water partition coefficient (Wildman–Crippen LogP) is 4.61. The molecule has 0 amide bonds. The van der Waals surface area contributed by atoms with Gasteiger partial charge in [-0.2, -0.15) is 0 Å². The molecule has 21 heavy (non-hydrogen) atoms. The molecule has 0 aliphatic carbocycles. The number of halogens is 1. The number of rotatable bonds is 7. The molecule has 0 aliphatic heterocycles. The van der Waals surface area contributed by atoms with Gasteiger partial charge in [0.1, 0.15) is 0 Å². The lowest BCUT2D eigenvalue weighted by atomic mass is 9.99. The van der Waals surface area contributed by atoms with Crippen LogP contribution in [0.3, 0.4) is 0 Å². The molecule has 0 heterocycles. The van der Waals surface area contributed by atoms with E-state index in [-0.39, 0.29) is 18.7 Å². The summed E-state index contributed by atoms with van der Waals surface area (Å²) in [6, 6.07) is 19.4. The first-order valence-electron chi connectivity index (χ1n) is 7.38. The average Bonchev–Trinajstić information content (AvgIpc) is 2.52. The van der Waals surface area contributed by atoms with Crippen LogP contribution in [0, 0.1) is 0 Å². The van der Waals surface area contributed by atoms with Gasteiger partial charge in [0, 0.05) is 23.2 Å². The minimum Gasteiger partial charge on any atom is -0.396 e. The van der Waals surface area contributed by atoms with Crippen LogP contribution in [0.2, 0.25) is 0 Å². The fourth-order valence-corrected chi connectivity index (χ4v) is 2.74. The van der Waals surface area contributed by atoms with Crippen molar-refractivity contribution in [2.75, 3.05) is 6.61 Å². The zero-order chi connectivity index (χ0) is 15.1. The molecule has 112 valence electrons. The molecule has 2 nitrogen and oxygen atoms in total. The van der Waals surface area contributed by atoms with Crippen LogP contribution in [0.5, 0.6) is 0 Å². The Balaban J connectivity index is 2.09. The third-order valence-electron chi connectivity index (χ3n) is 3.67. The quantitative estimate of drug-likeness (QED) is 0.766. The summed E-state index contributed by atoms with van der Waals surface area (Å²) in [6.07, 6.45) is 1.74. The lowest BCUT2D eigenvalue weighted by Crippen LogP contribution is -2.25. The zero-order valence-electron chi connectivity index (χ0n) is 12.3. The van der Waals surface area contributed by atoms with Crippen molar-refractivity contribution in [1.82, 2.24) is 5.32 Å². The minimum atomic E-state index is 0.234. The number of aliphatic hydroxyl groups excluding tert-OH is 1. The molecule has 0 fully saturated rings. The molecule has 0 spiro atoms. The van der Waals surface area contributed by atoms with Gasteiger partial charge in [-0.05, 0) is 43.0 Å². The van der Waals surface area contributed by atoms with E-state index in [0.29, 0.717) is 0 Å². The van der Waals surface area contributed by atoms with Crippen molar-refractivity contribution in [3.05, 3.63) is 70.2 Å². The van der Waals surface area contributed by atoms with Gasteiger partial charge in [-0.3, -0.25) is 0 Å². The van der Waals surface area contributed by atoms with Crippen LogP contribution in [0.15, 0.2) is 59.1 Å². The molecule has 2 rings (SSSR count). The van der Waals surface area contributed by atoms with Crippen molar-refractivity contribution in [2.24, 2.45) is 0 Å². The Kier molecular flexibility index (Phi) is 6.43. The molecule has 2 atom stereocenters. The highest BCUT2D eigenvalue weighted by Gasteiger charge is 2.14. The number of benzene rings is 2. The highest BCUT2D eigenvalue weighted by molar-refractivity contribution is 9.10. The highest BCUT2D eigenvalue weighted by atomic mass is 79.9. The van der Waals surface area contributed by atoms with Crippen LogP contribution in [0.4, 0.5) is 0 Å². The summed E-state index contributed by atoms with van der Waals surface area (Å²) in [4.78, 5) is 0. The molecule has 0 bridgehead atoms. The van der Waals surface area contributed by atoms with Gasteiger partial charge in [-0.15, -0.1) is 0 Å². The van der Waals surface area contributed by atoms with E-state index >= 15 is 0 Å². The lowest BCUT2D eigenvalue weighted by Gasteiger charge is -2.24. The van der Waals surface area contributed by atoms with Gasteiger partial charge in [0.05, 0.1) is 0 Å². The monoisotopic (exact) mass is 347 g/mol. The van der Waals surface area contributed by atoms with E-state index in [0.717, 1.165) is 17.3 Å². The largest absolute Gasteiger partial charge is 0.396 e. The first-order valence-corrected chi connectivity index (χ1v) is 8.17. The Morgan fingerprint density at radius 3 is 2.29 bits per heavy atom. The first-order chi connectivity index (χ1) is 10.2. The summed E-state index contributed by atoms with van der Waals surface area (Å²) in [5, 5.41) is 12.8. The van der Waals surface area contributed by atoms with E-state index in [2.05, 4.69) is 76.7 Å². The predicted molar refractivity (Wildman–Crippen MR) is 91.2 cm³/mol. The van der Waals surface area contributed by atoms with Crippen LogP contribution in [-0.4, -0.2) is 11.7 Å². The van der Waals surface area contributed by atoms with Crippen LogP contribution in [-0.2, 0) is 0 Å². The molecule has 2 aromatic rings. The Morgan fingerprint density at radius 1 is 1.00 bits per heavy atom. The summed E-state index contributed by atoms with van der Waals surface area (Å²) < 4.78 is 1.10. The summed E-state index contributed by atoms with van der Waals surface area (Å²) in [5.74, 6) is 0. The Hall–Kier alpha value is -1.16. The fraction of sp³-hybridized carbons (Fsp3) is 0.333. The summed E-state index contributed by atoms with van der Waals surface area (Å²) in [5.41, 5.74) is 2.54. The van der Waals surface area contributed by atoms with E-state index in [4.69, 9.17) is 5.11 Å². The third kappa shape index (κ3) is 4.95. The number of hydrogen-bond donors (Lipinski definition) is 2.